The molecule has 14 nitrogen and oxygen atoms in total. The van der Waals surface area contributed by atoms with Crippen molar-refractivity contribution in [1.29, 1.82) is 0 Å². The van der Waals surface area contributed by atoms with Gasteiger partial charge in [0.2, 0.25) is 0 Å². The summed E-state index contributed by atoms with van der Waals surface area (Å²) in [5.74, 6) is 0.652. The van der Waals surface area contributed by atoms with E-state index < -0.39 is 34.7 Å². The van der Waals surface area contributed by atoms with Gasteiger partial charge in [-0.3, -0.25) is 9.69 Å². The second-order valence-corrected chi connectivity index (χ2v) is 15.4. The largest absolute Gasteiger partial charge is 0.483 e. The number of benzene rings is 2. The Hall–Kier alpha value is -5.11. The van der Waals surface area contributed by atoms with E-state index in [0.29, 0.717) is 73.6 Å². The van der Waals surface area contributed by atoms with Gasteiger partial charge in [-0.05, 0) is 96.4 Å². The van der Waals surface area contributed by atoms with Crippen LogP contribution in [0, 0.1) is 0 Å². The highest BCUT2D eigenvalue weighted by Gasteiger charge is 2.44. The Labute approximate surface area is 301 Å². The maximum absolute atomic E-state index is 14.0. The molecule has 276 valence electrons. The van der Waals surface area contributed by atoms with E-state index in [0.717, 1.165) is 23.0 Å². The highest BCUT2D eigenvalue weighted by Crippen LogP contribution is 2.47. The number of hydrogen-bond acceptors (Lipinski definition) is 9. The Morgan fingerprint density at radius 3 is 2.13 bits per heavy atom. The molecule has 0 saturated carbocycles. The van der Waals surface area contributed by atoms with E-state index in [1.54, 1.807) is 52.3 Å². The van der Waals surface area contributed by atoms with Crippen LogP contribution in [0.5, 0.6) is 11.5 Å². The molecule has 0 radical (unpaired) electrons. The van der Waals surface area contributed by atoms with Crippen molar-refractivity contribution in [2.45, 2.75) is 84.2 Å². The summed E-state index contributed by atoms with van der Waals surface area (Å²) >= 11 is 0. The molecule has 0 N–H and O–H groups in total. The fraction of sp³-hybridized carbons (Fsp3) is 0.500. The summed E-state index contributed by atoms with van der Waals surface area (Å²) in [6.45, 7) is 14.8. The summed E-state index contributed by atoms with van der Waals surface area (Å²) in [7, 11) is 0. The van der Waals surface area contributed by atoms with Crippen molar-refractivity contribution in [3.8, 4) is 17.2 Å². The maximum atomic E-state index is 14.0. The molecule has 2 aromatic carbocycles. The first-order valence-corrected chi connectivity index (χ1v) is 17.9. The van der Waals surface area contributed by atoms with Gasteiger partial charge >= 0.3 is 23.6 Å². The van der Waals surface area contributed by atoms with Gasteiger partial charge in [-0.1, -0.05) is 6.08 Å². The van der Waals surface area contributed by atoms with Crippen molar-refractivity contribution in [3.05, 3.63) is 86.2 Å². The van der Waals surface area contributed by atoms with E-state index in [1.165, 1.54) is 16.3 Å². The zero-order valence-electron chi connectivity index (χ0n) is 30.6. The summed E-state index contributed by atoms with van der Waals surface area (Å²) < 4.78 is 21.8. The Balaban J connectivity index is 1.04. The van der Waals surface area contributed by atoms with Crippen LogP contribution < -0.4 is 20.9 Å². The molecule has 4 aliphatic heterocycles. The average Bonchev–Trinajstić information content (AvgIpc) is 3.36. The smallest absolute Gasteiger partial charge is 0.415 e. The SMILES string of the molecule is CC(=O)c1ccc(-n2c(=O)n3n(c2=O)C2C(=CC3)C(C)(C)Oc3cc(OC(=O)N4CCN(C5CCN(C(=O)OC(C)(C)C)CC5)CC4)ccc32)cc1. The zero-order chi connectivity index (χ0) is 37.1. The number of ketones is 1. The van der Waals surface area contributed by atoms with E-state index in [-0.39, 0.29) is 18.4 Å². The molecule has 5 heterocycles. The molecule has 0 bridgehead atoms. The van der Waals surface area contributed by atoms with Crippen LogP contribution in [0.2, 0.25) is 0 Å². The van der Waals surface area contributed by atoms with Crippen LogP contribution in [0.15, 0.2) is 63.7 Å². The fourth-order valence-corrected chi connectivity index (χ4v) is 7.68. The lowest BCUT2D eigenvalue weighted by Crippen LogP contribution is -2.55. The first-order valence-electron chi connectivity index (χ1n) is 17.9. The van der Waals surface area contributed by atoms with Crippen LogP contribution in [0.25, 0.3) is 5.69 Å². The van der Waals surface area contributed by atoms with Gasteiger partial charge in [0.05, 0.1) is 12.2 Å². The number of amides is 2. The molecule has 14 heteroatoms. The number of rotatable bonds is 4. The van der Waals surface area contributed by atoms with Gasteiger partial charge < -0.3 is 24.0 Å². The molecule has 2 fully saturated rings. The number of carbonyl (C=O) groups is 3. The van der Waals surface area contributed by atoms with E-state index in [9.17, 15) is 24.0 Å². The van der Waals surface area contributed by atoms with Crippen LogP contribution in [-0.2, 0) is 11.3 Å². The lowest BCUT2D eigenvalue weighted by Gasteiger charge is -2.43. The van der Waals surface area contributed by atoms with Crippen molar-refractivity contribution < 1.29 is 28.6 Å². The fourth-order valence-electron chi connectivity index (χ4n) is 7.68. The number of likely N-dealkylation sites (tertiary alicyclic amines) is 1. The first kappa shape index (κ1) is 35.3. The van der Waals surface area contributed by atoms with Gasteiger partial charge in [-0.25, -0.2) is 33.1 Å². The quantitative estimate of drug-likeness (QED) is 0.287. The number of piperazine rings is 1. The van der Waals surface area contributed by atoms with Gasteiger partial charge in [0.25, 0.3) is 0 Å². The minimum Gasteiger partial charge on any atom is -0.483 e. The predicted molar refractivity (Wildman–Crippen MR) is 192 cm³/mol. The highest BCUT2D eigenvalue weighted by molar-refractivity contribution is 5.94. The van der Waals surface area contributed by atoms with Gasteiger partial charge in [0.15, 0.2) is 5.78 Å². The Bertz CT molecular complexity index is 2050. The number of allylic oxidation sites excluding steroid dienone is 1. The second kappa shape index (κ2) is 13.1. The molecule has 0 aliphatic carbocycles. The van der Waals surface area contributed by atoms with Crippen molar-refractivity contribution >= 4 is 18.0 Å². The van der Waals surface area contributed by atoms with Gasteiger partial charge in [-0.15, -0.1) is 0 Å². The second-order valence-electron chi connectivity index (χ2n) is 15.4. The normalized spacial score (nSPS) is 20.2. The van der Waals surface area contributed by atoms with E-state index in [1.807, 2.05) is 40.7 Å². The van der Waals surface area contributed by atoms with Crippen LogP contribution in [-0.4, -0.2) is 103 Å². The Morgan fingerprint density at radius 1 is 0.846 bits per heavy atom. The third-order valence-electron chi connectivity index (χ3n) is 10.4. The average molecular weight is 715 g/mol. The molecule has 1 aromatic heterocycles. The Kier molecular flexibility index (Phi) is 8.92. The van der Waals surface area contributed by atoms with Gasteiger partial charge in [0, 0.05) is 62.5 Å². The number of nitrogens with zero attached hydrogens (tertiary/aromatic N) is 6. The number of Topliss-reactive ketones (excluding diaryl/α,β-unsaturated/α-hetero) is 1. The van der Waals surface area contributed by atoms with Crippen molar-refractivity contribution in [2.75, 3.05) is 39.3 Å². The molecule has 7 rings (SSSR count). The lowest BCUT2D eigenvalue weighted by atomic mass is 9.83. The number of carbonyl (C=O) groups excluding carboxylic acids is 3. The van der Waals surface area contributed by atoms with E-state index in [2.05, 4.69) is 4.90 Å². The summed E-state index contributed by atoms with van der Waals surface area (Å²) in [4.78, 5) is 71.1. The number of hydrogen-bond donors (Lipinski definition) is 0. The number of aromatic nitrogens is 3. The third-order valence-corrected chi connectivity index (χ3v) is 10.4. The summed E-state index contributed by atoms with van der Waals surface area (Å²) in [6, 6.07) is 11.2. The summed E-state index contributed by atoms with van der Waals surface area (Å²) in [5, 5.41) is 0. The number of piperidine rings is 1. The zero-order valence-corrected chi connectivity index (χ0v) is 30.6. The summed E-state index contributed by atoms with van der Waals surface area (Å²) in [6.07, 6.45) is 2.91. The van der Waals surface area contributed by atoms with Crippen molar-refractivity contribution in [3.63, 3.8) is 0 Å². The molecule has 2 saturated heterocycles. The number of ether oxygens (including phenoxy) is 3. The molecule has 1 atom stereocenters. The molecular formula is C38H46N6O8. The van der Waals surface area contributed by atoms with E-state index in [4.69, 9.17) is 14.2 Å². The Morgan fingerprint density at radius 2 is 1.50 bits per heavy atom. The van der Waals surface area contributed by atoms with Gasteiger partial charge in [-0.2, -0.15) is 0 Å². The standard InChI is InChI=1S/C38H46N6O8/c1-24(45)25-7-9-27(10-8-25)43-33(46)42-18-15-30-32(44(42)34(43)47)29-12-11-28(23-31(29)51-38(30,5)6)50-35(48)41-21-19-39(20-22-41)26-13-16-40(17-14-26)36(49)52-37(2,3)4/h7-12,15,23,26,32H,13-14,16-22H2,1-6H3. The van der Waals surface area contributed by atoms with Gasteiger partial charge in [0.1, 0.15) is 28.7 Å². The van der Waals surface area contributed by atoms with Crippen molar-refractivity contribution in [1.82, 2.24) is 28.6 Å². The third kappa shape index (κ3) is 6.55. The molecule has 52 heavy (non-hydrogen) atoms. The monoisotopic (exact) mass is 714 g/mol. The molecule has 3 aromatic rings. The van der Waals surface area contributed by atoms with Crippen LogP contribution in [0.4, 0.5) is 9.59 Å². The molecule has 0 spiro atoms. The minimum atomic E-state index is -0.828. The maximum Gasteiger partial charge on any atom is 0.415 e. The minimum absolute atomic E-state index is 0.111. The van der Waals surface area contributed by atoms with Crippen LogP contribution >= 0.6 is 0 Å². The van der Waals surface area contributed by atoms with Crippen molar-refractivity contribution in [2.24, 2.45) is 0 Å². The topological polar surface area (TPSA) is 138 Å². The van der Waals surface area contributed by atoms with E-state index >= 15 is 0 Å². The lowest BCUT2D eigenvalue weighted by molar-refractivity contribution is 0.0104. The molecule has 4 aliphatic rings. The van der Waals surface area contributed by atoms with Crippen LogP contribution in [0.1, 0.15) is 76.3 Å². The molecule has 1 unspecified atom stereocenters. The first-order chi connectivity index (χ1) is 24.6. The molecule has 2 amide bonds. The van der Waals surface area contributed by atoms with Crippen LogP contribution in [0.3, 0.4) is 0 Å². The summed E-state index contributed by atoms with van der Waals surface area (Å²) in [5.41, 5.74) is 0.00593. The molecular weight excluding hydrogens is 668 g/mol. The number of fused-ring (bicyclic) bond motifs is 5. The highest BCUT2D eigenvalue weighted by atomic mass is 16.6. The predicted octanol–water partition coefficient (Wildman–Crippen LogP) is 4.22.